The van der Waals surface area contributed by atoms with Crippen molar-refractivity contribution >= 4 is 11.8 Å². The fraction of sp³-hybridized carbons (Fsp3) is 0.250. The lowest BCUT2D eigenvalue weighted by Gasteiger charge is -2.13. The summed E-state index contributed by atoms with van der Waals surface area (Å²) in [4.78, 5) is 14.1. The Morgan fingerprint density at radius 1 is 1.47 bits per heavy atom. The molecule has 2 unspecified atom stereocenters. The maximum atomic E-state index is 10.4. The van der Waals surface area contributed by atoms with Crippen molar-refractivity contribution in [3.8, 4) is 0 Å². The number of nitrogens with two attached hydrogens (primary N) is 1. The number of aliphatic hydroxyl groups is 2. The minimum atomic E-state index is -1.87. The molecule has 0 fully saturated rings. The number of aliphatic carboxylic acids is 1. The Kier molecular flexibility index (Phi) is 3.56. The molecule has 0 aliphatic heterocycles. The van der Waals surface area contributed by atoms with E-state index in [9.17, 15) is 9.90 Å². The van der Waals surface area contributed by atoms with Gasteiger partial charge in [-0.3, -0.25) is 0 Å². The van der Waals surface area contributed by atoms with Crippen LogP contribution in [0.1, 0.15) is 11.7 Å². The number of anilines is 1. The SMILES string of the molecule is NNc1ccc(C(O)C(O)C(=O)O)cn1. The van der Waals surface area contributed by atoms with E-state index in [0.717, 1.165) is 0 Å². The minimum absolute atomic E-state index is 0.198. The van der Waals surface area contributed by atoms with Crippen LogP contribution >= 0.6 is 0 Å². The molecule has 1 aromatic heterocycles. The first-order valence-electron chi connectivity index (χ1n) is 4.07. The second-order valence-electron chi connectivity index (χ2n) is 2.85. The highest BCUT2D eigenvalue weighted by Gasteiger charge is 2.25. The highest BCUT2D eigenvalue weighted by molar-refractivity contribution is 5.73. The Morgan fingerprint density at radius 2 is 2.13 bits per heavy atom. The van der Waals surface area contributed by atoms with Crippen LogP contribution in [0.15, 0.2) is 18.3 Å². The summed E-state index contributed by atoms with van der Waals surface area (Å²) in [7, 11) is 0. The lowest BCUT2D eigenvalue weighted by atomic mass is 10.1. The number of hydrogen-bond donors (Lipinski definition) is 5. The molecular weight excluding hydrogens is 202 g/mol. The Balaban J connectivity index is 2.82. The van der Waals surface area contributed by atoms with Crippen molar-refractivity contribution in [3.05, 3.63) is 23.9 Å². The van der Waals surface area contributed by atoms with E-state index in [1.165, 1.54) is 18.3 Å². The zero-order chi connectivity index (χ0) is 11.4. The monoisotopic (exact) mass is 213 g/mol. The molecule has 0 saturated carbocycles. The molecule has 2 atom stereocenters. The van der Waals surface area contributed by atoms with Crippen LogP contribution in [-0.4, -0.2) is 32.4 Å². The van der Waals surface area contributed by atoms with E-state index in [4.69, 9.17) is 16.1 Å². The summed E-state index contributed by atoms with van der Waals surface area (Å²) >= 11 is 0. The zero-order valence-electron chi connectivity index (χ0n) is 7.66. The van der Waals surface area contributed by atoms with Crippen LogP contribution < -0.4 is 11.3 Å². The first-order valence-corrected chi connectivity index (χ1v) is 4.07. The zero-order valence-corrected chi connectivity index (χ0v) is 7.66. The van der Waals surface area contributed by atoms with Gasteiger partial charge >= 0.3 is 5.97 Å². The third-order valence-electron chi connectivity index (χ3n) is 1.83. The van der Waals surface area contributed by atoms with Crippen molar-refractivity contribution in [1.29, 1.82) is 0 Å². The summed E-state index contributed by atoms with van der Waals surface area (Å²) in [5.41, 5.74) is 2.47. The number of nitrogen functional groups attached to an aromatic ring is 1. The van der Waals surface area contributed by atoms with Gasteiger partial charge in [-0.15, -0.1) is 0 Å². The van der Waals surface area contributed by atoms with Gasteiger partial charge in [-0.05, 0) is 6.07 Å². The van der Waals surface area contributed by atoms with Crippen molar-refractivity contribution in [3.63, 3.8) is 0 Å². The van der Waals surface area contributed by atoms with E-state index in [1.54, 1.807) is 0 Å². The molecule has 0 spiro atoms. The van der Waals surface area contributed by atoms with Gasteiger partial charge in [-0.25, -0.2) is 15.6 Å². The summed E-state index contributed by atoms with van der Waals surface area (Å²) in [6, 6.07) is 2.87. The van der Waals surface area contributed by atoms with Gasteiger partial charge in [0.15, 0.2) is 6.10 Å². The number of aromatic nitrogens is 1. The fourth-order valence-corrected chi connectivity index (χ4v) is 0.983. The number of carbonyl (C=O) groups is 1. The Bertz CT molecular complexity index is 340. The van der Waals surface area contributed by atoms with E-state index in [0.29, 0.717) is 5.82 Å². The number of nitrogens with one attached hydrogen (secondary N) is 1. The summed E-state index contributed by atoms with van der Waals surface area (Å²) < 4.78 is 0. The summed E-state index contributed by atoms with van der Waals surface area (Å²) in [5.74, 6) is 3.94. The minimum Gasteiger partial charge on any atom is -0.479 e. The van der Waals surface area contributed by atoms with E-state index >= 15 is 0 Å². The normalized spacial score (nSPS) is 14.3. The molecule has 15 heavy (non-hydrogen) atoms. The van der Waals surface area contributed by atoms with Crippen molar-refractivity contribution in [1.82, 2.24) is 4.98 Å². The topological polar surface area (TPSA) is 129 Å². The predicted molar refractivity (Wildman–Crippen MR) is 50.6 cm³/mol. The smallest absolute Gasteiger partial charge is 0.335 e. The molecule has 0 aliphatic rings. The van der Waals surface area contributed by atoms with Crippen LogP contribution in [0.5, 0.6) is 0 Å². The van der Waals surface area contributed by atoms with Gasteiger partial charge in [-0.2, -0.15) is 0 Å². The number of carboxylic acid groups (broad SMARTS) is 1. The van der Waals surface area contributed by atoms with Crippen molar-refractivity contribution in [2.75, 3.05) is 5.43 Å². The molecular formula is C8H11N3O4. The van der Waals surface area contributed by atoms with Gasteiger partial charge in [0.1, 0.15) is 11.9 Å². The summed E-state index contributed by atoms with van der Waals surface area (Å²) in [5, 5.41) is 26.9. The standard InChI is InChI=1S/C8H11N3O4/c9-11-5-2-1-4(3-10-5)6(12)7(13)8(14)15/h1-3,6-7,12-13H,9H2,(H,10,11)(H,14,15). The van der Waals surface area contributed by atoms with Gasteiger partial charge < -0.3 is 20.7 Å². The quantitative estimate of drug-likeness (QED) is 0.315. The lowest BCUT2D eigenvalue weighted by molar-refractivity contribution is -0.153. The van der Waals surface area contributed by atoms with Crippen LogP contribution in [-0.2, 0) is 4.79 Å². The number of pyridine rings is 1. The molecule has 0 aliphatic carbocycles. The Hall–Kier alpha value is -1.70. The second-order valence-corrected chi connectivity index (χ2v) is 2.85. The van der Waals surface area contributed by atoms with Crippen LogP contribution in [0.4, 0.5) is 5.82 Å². The molecule has 0 amide bonds. The maximum Gasteiger partial charge on any atom is 0.335 e. The average molecular weight is 213 g/mol. The summed E-state index contributed by atoms with van der Waals surface area (Å²) in [6.07, 6.45) is -2.16. The molecule has 0 radical (unpaired) electrons. The molecule has 6 N–H and O–H groups in total. The van der Waals surface area contributed by atoms with Crippen LogP contribution in [0, 0.1) is 0 Å². The van der Waals surface area contributed by atoms with Gasteiger partial charge in [0.05, 0.1) is 0 Å². The van der Waals surface area contributed by atoms with Crippen molar-refractivity contribution in [2.45, 2.75) is 12.2 Å². The lowest BCUT2D eigenvalue weighted by Crippen LogP contribution is -2.27. The molecule has 82 valence electrons. The fourth-order valence-electron chi connectivity index (χ4n) is 0.983. The third kappa shape index (κ3) is 2.62. The largest absolute Gasteiger partial charge is 0.479 e. The average Bonchev–Trinajstić information content (AvgIpc) is 2.27. The molecule has 0 bridgehead atoms. The van der Waals surface area contributed by atoms with E-state index < -0.39 is 18.2 Å². The second kappa shape index (κ2) is 4.69. The molecule has 0 aromatic carbocycles. The highest BCUT2D eigenvalue weighted by atomic mass is 16.4. The Labute approximate surface area is 85.1 Å². The number of hydrogen-bond acceptors (Lipinski definition) is 6. The third-order valence-corrected chi connectivity index (χ3v) is 1.83. The van der Waals surface area contributed by atoms with Crippen LogP contribution in [0.25, 0.3) is 0 Å². The molecule has 1 aromatic rings. The maximum absolute atomic E-state index is 10.4. The predicted octanol–water partition coefficient (Wildman–Crippen LogP) is -1.15. The molecule has 7 heteroatoms. The molecule has 7 nitrogen and oxygen atoms in total. The van der Waals surface area contributed by atoms with E-state index in [-0.39, 0.29) is 5.56 Å². The summed E-state index contributed by atoms with van der Waals surface area (Å²) in [6.45, 7) is 0. The number of carboxylic acids is 1. The van der Waals surface area contributed by atoms with Gasteiger partial charge in [-0.1, -0.05) is 6.07 Å². The first kappa shape index (κ1) is 11.4. The van der Waals surface area contributed by atoms with E-state index in [1.807, 2.05) is 0 Å². The Morgan fingerprint density at radius 3 is 2.53 bits per heavy atom. The number of rotatable bonds is 4. The highest BCUT2D eigenvalue weighted by Crippen LogP contribution is 2.17. The van der Waals surface area contributed by atoms with Crippen LogP contribution in [0.3, 0.4) is 0 Å². The molecule has 1 heterocycles. The van der Waals surface area contributed by atoms with Gasteiger partial charge in [0.25, 0.3) is 0 Å². The van der Waals surface area contributed by atoms with Crippen LogP contribution in [0.2, 0.25) is 0 Å². The van der Waals surface area contributed by atoms with Gasteiger partial charge in [0, 0.05) is 11.8 Å². The first-order chi connectivity index (χ1) is 7.06. The molecule has 0 saturated heterocycles. The molecule has 1 rings (SSSR count). The van der Waals surface area contributed by atoms with Crippen molar-refractivity contribution < 1.29 is 20.1 Å². The number of aliphatic hydroxyl groups excluding tert-OH is 2. The number of hydrazine groups is 1. The van der Waals surface area contributed by atoms with Crippen molar-refractivity contribution in [2.24, 2.45) is 5.84 Å². The van der Waals surface area contributed by atoms with Gasteiger partial charge in [0.2, 0.25) is 0 Å². The van der Waals surface area contributed by atoms with E-state index in [2.05, 4.69) is 10.4 Å². The number of nitrogens with zero attached hydrogens (tertiary/aromatic N) is 1.